The van der Waals surface area contributed by atoms with Crippen LogP contribution >= 0.6 is 10.7 Å². The highest BCUT2D eigenvalue weighted by molar-refractivity contribution is 8.13. The van der Waals surface area contributed by atoms with Gasteiger partial charge in [0.1, 0.15) is 17.2 Å². The molecule has 0 aliphatic carbocycles. The van der Waals surface area contributed by atoms with Crippen molar-refractivity contribution in [2.45, 2.75) is 18.7 Å². The van der Waals surface area contributed by atoms with E-state index in [0.717, 1.165) is 0 Å². The molecule has 108 valence electrons. The number of carbonyl (C=O) groups excluding carboxylic acids is 1. The lowest BCUT2D eigenvalue weighted by atomic mass is 10.1. The molecule has 0 aliphatic heterocycles. The van der Waals surface area contributed by atoms with Crippen molar-refractivity contribution >= 4 is 25.6 Å². The zero-order chi connectivity index (χ0) is 15.3. The molecule has 6 nitrogen and oxygen atoms in total. The fraction of sp³-hybridized carbons (Fsp3) is 0.333. The van der Waals surface area contributed by atoms with Crippen molar-refractivity contribution in [3.05, 3.63) is 23.3 Å². The topological polar surface area (TPSA) is 96.3 Å². The Morgan fingerprint density at radius 2 is 2.10 bits per heavy atom. The number of aryl methyl sites for hydroxylation is 2. The number of amides is 1. The summed E-state index contributed by atoms with van der Waals surface area (Å²) in [5.41, 5.74) is 1.26. The van der Waals surface area contributed by atoms with Crippen LogP contribution < -0.4 is 10.1 Å². The molecule has 1 aromatic rings. The molecule has 1 aromatic carbocycles. The second-order valence-corrected chi connectivity index (χ2v) is 6.60. The van der Waals surface area contributed by atoms with Gasteiger partial charge in [0, 0.05) is 10.7 Å². The van der Waals surface area contributed by atoms with E-state index in [1.807, 2.05) is 0 Å². The Kier molecular flexibility index (Phi) is 5.36. The van der Waals surface area contributed by atoms with Crippen LogP contribution in [0.15, 0.2) is 17.0 Å². The highest BCUT2D eigenvalue weighted by Gasteiger charge is 2.20. The van der Waals surface area contributed by atoms with Gasteiger partial charge in [0.25, 0.3) is 15.0 Å². The van der Waals surface area contributed by atoms with Crippen LogP contribution in [-0.4, -0.2) is 27.5 Å². The summed E-state index contributed by atoms with van der Waals surface area (Å²) < 4.78 is 28.3. The van der Waals surface area contributed by atoms with E-state index in [0.29, 0.717) is 11.1 Å². The molecule has 0 bridgehead atoms. The Hall–Kier alpha value is -1.78. The Morgan fingerprint density at radius 3 is 2.65 bits per heavy atom. The third-order valence-electron chi connectivity index (χ3n) is 2.36. The van der Waals surface area contributed by atoms with Crippen molar-refractivity contribution in [1.29, 1.82) is 5.26 Å². The predicted octanol–water partition coefficient (Wildman–Crippen LogP) is 1.25. The molecule has 0 saturated carbocycles. The first kappa shape index (κ1) is 16.3. The Morgan fingerprint density at radius 1 is 1.45 bits per heavy atom. The summed E-state index contributed by atoms with van der Waals surface area (Å²) in [5.74, 6) is -0.484. The number of ether oxygens (including phenoxy) is 1. The van der Waals surface area contributed by atoms with Gasteiger partial charge in [0.15, 0.2) is 6.61 Å². The van der Waals surface area contributed by atoms with Crippen molar-refractivity contribution in [1.82, 2.24) is 5.32 Å². The molecule has 0 heterocycles. The van der Waals surface area contributed by atoms with E-state index in [1.54, 1.807) is 26.0 Å². The molecule has 20 heavy (non-hydrogen) atoms. The second kappa shape index (κ2) is 6.59. The van der Waals surface area contributed by atoms with E-state index < -0.39 is 21.6 Å². The van der Waals surface area contributed by atoms with Crippen molar-refractivity contribution in [3.8, 4) is 11.8 Å². The van der Waals surface area contributed by atoms with Crippen molar-refractivity contribution in [2.75, 3.05) is 13.2 Å². The van der Waals surface area contributed by atoms with Gasteiger partial charge in [-0.25, -0.2) is 8.42 Å². The van der Waals surface area contributed by atoms with Crippen molar-refractivity contribution < 1.29 is 17.9 Å². The fourth-order valence-corrected chi connectivity index (χ4v) is 2.72. The lowest BCUT2D eigenvalue weighted by Crippen LogP contribution is -2.29. The highest BCUT2D eigenvalue weighted by atomic mass is 35.7. The molecule has 8 heteroatoms. The summed E-state index contributed by atoms with van der Waals surface area (Å²) in [6, 6.07) is 4.84. The highest BCUT2D eigenvalue weighted by Crippen LogP contribution is 2.31. The number of halogens is 1. The summed E-state index contributed by atoms with van der Waals surface area (Å²) in [4.78, 5) is 11.2. The minimum Gasteiger partial charge on any atom is -0.482 e. The summed E-state index contributed by atoms with van der Waals surface area (Å²) in [5, 5.41) is 10.6. The third-order valence-corrected chi connectivity index (χ3v) is 3.69. The van der Waals surface area contributed by atoms with Crippen molar-refractivity contribution in [3.63, 3.8) is 0 Å². The van der Waals surface area contributed by atoms with E-state index in [-0.39, 0.29) is 17.2 Å². The normalized spacial score (nSPS) is 10.7. The number of nitrogens with zero attached hydrogens (tertiary/aromatic N) is 1. The van der Waals surface area contributed by atoms with E-state index in [2.05, 4.69) is 5.32 Å². The number of rotatable bonds is 5. The first-order valence-corrected chi connectivity index (χ1v) is 7.89. The smallest absolute Gasteiger partial charge is 0.265 e. The molecule has 1 amide bonds. The summed E-state index contributed by atoms with van der Waals surface area (Å²) >= 11 is 0. The zero-order valence-electron chi connectivity index (χ0n) is 10.9. The van der Waals surface area contributed by atoms with Crippen LogP contribution in [0.3, 0.4) is 0 Å². The average molecular weight is 317 g/mol. The van der Waals surface area contributed by atoms with Gasteiger partial charge in [-0.3, -0.25) is 4.79 Å². The molecule has 0 fully saturated rings. The fourth-order valence-electron chi connectivity index (χ4n) is 1.61. The molecule has 0 aliphatic rings. The van der Waals surface area contributed by atoms with Crippen LogP contribution in [0.1, 0.15) is 11.1 Å². The standard InChI is InChI=1S/C12H13ClN2O4S/c1-8-5-9(2)12(10(6-8)20(13,17)18)19-7-11(16)15-4-3-14/h5-6H,4,7H2,1-2H3,(H,15,16). The molecular weight excluding hydrogens is 304 g/mol. The summed E-state index contributed by atoms with van der Waals surface area (Å²) in [6.07, 6.45) is 0. The molecule has 0 saturated heterocycles. The predicted molar refractivity (Wildman–Crippen MR) is 73.1 cm³/mol. The van der Waals surface area contributed by atoms with E-state index in [9.17, 15) is 13.2 Å². The van der Waals surface area contributed by atoms with Crippen LogP contribution in [-0.2, 0) is 13.8 Å². The van der Waals surface area contributed by atoms with Crippen LogP contribution in [0.2, 0.25) is 0 Å². The molecule has 0 radical (unpaired) electrons. The molecule has 0 unspecified atom stereocenters. The van der Waals surface area contributed by atoms with E-state index >= 15 is 0 Å². The Labute approximate surface area is 121 Å². The zero-order valence-corrected chi connectivity index (χ0v) is 12.5. The van der Waals surface area contributed by atoms with Gasteiger partial charge in [-0.1, -0.05) is 6.07 Å². The van der Waals surface area contributed by atoms with Gasteiger partial charge < -0.3 is 10.1 Å². The first-order valence-electron chi connectivity index (χ1n) is 5.58. The maximum atomic E-state index is 11.5. The minimum absolute atomic E-state index is 0.0395. The lowest BCUT2D eigenvalue weighted by Gasteiger charge is -2.13. The third kappa shape index (κ3) is 4.40. The second-order valence-electron chi connectivity index (χ2n) is 4.07. The summed E-state index contributed by atoms with van der Waals surface area (Å²) in [6.45, 7) is 2.84. The lowest BCUT2D eigenvalue weighted by molar-refractivity contribution is -0.122. The SMILES string of the molecule is Cc1cc(C)c(OCC(=O)NCC#N)c(S(=O)(=O)Cl)c1. The molecule has 0 aromatic heterocycles. The minimum atomic E-state index is -3.98. The quantitative estimate of drug-likeness (QED) is 0.651. The van der Waals surface area contributed by atoms with Crippen LogP contribution in [0.25, 0.3) is 0 Å². The summed E-state index contributed by atoms with van der Waals surface area (Å²) in [7, 11) is 1.38. The molecule has 1 N–H and O–H groups in total. The number of nitrogens with one attached hydrogen (secondary N) is 1. The van der Waals surface area contributed by atoms with Crippen LogP contribution in [0, 0.1) is 25.2 Å². The van der Waals surface area contributed by atoms with Crippen LogP contribution in [0.4, 0.5) is 0 Å². The van der Waals surface area contributed by atoms with Gasteiger partial charge in [-0.15, -0.1) is 0 Å². The average Bonchev–Trinajstić information content (AvgIpc) is 2.33. The van der Waals surface area contributed by atoms with Gasteiger partial charge >= 0.3 is 0 Å². The van der Waals surface area contributed by atoms with Crippen LogP contribution in [0.5, 0.6) is 5.75 Å². The molecular formula is C12H13ClN2O4S. The largest absolute Gasteiger partial charge is 0.482 e. The number of nitriles is 1. The van der Waals surface area contributed by atoms with Gasteiger partial charge in [-0.05, 0) is 31.0 Å². The molecule has 1 rings (SSSR count). The van der Waals surface area contributed by atoms with Gasteiger partial charge in [0.05, 0.1) is 6.07 Å². The Bertz CT molecular complexity index is 665. The van der Waals surface area contributed by atoms with E-state index in [1.165, 1.54) is 6.07 Å². The number of hydrogen-bond acceptors (Lipinski definition) is 5. The maximum absolute atomic E-state index is 11.5. The first-order chi connectivity index (χ1) is 9.25. The van der Waals surface area contributed by atoms with E-state index in [4.69, 9.17) is 20.7 Å². The van der Waals surface area contributed by atoms with Crippen molar-refractivity contribution in [2.24, 2.45) is 0 Å². The number of hydrogen-bond donors (Lipinski definition) is 1. The number of benzene rings is 1. The number of carbonyl (C=O) groups is 1. The Balaban J connectivity index is 3.01. The van der Waals surface area contributed by atoms with Gasteiger partial charge in [0.2, 0.25) is 0 Å². The van der Waals surface area contributed by atoms with Gasteiger partial charge in [-0.2, -0.15) is 5.26 Å². The molecule has 0 spiro atoms. The monoisotopic (exact) mass is 316 g/mol. The maximum Gasteiger partial charge on any atom is 0.265 e. The molecule has 0 atom stereocenters.